The normalized spacial score (nSPS) is 18.0. The van der Waals surface area contributed by atoms with E-state index in [-0.39, 0.29) is 5.41 Å². The number of aromatic nitrogens is 1. The summed E-state index contributed by atoms with van der Waals surface area (Å²) in [7, 11) is 4.36. The van der Waals surface area contributed by atoms with Crippen LogP contribution in [-0.4, -0.2) is 43.1 Å². The minimum Gasteiger partial charge on any atom is -0.357 e. The average Bonchev–Trinajstić information content (AvgIpc) is 2.46. The van der Waals surface area contributed by atoms with Crippen LogP contribution in [0.1, 0.15) is 44.9 Å². The van der Waals surface area contributed by atoms with E-state index in [1.807, 2.05) is 0 Å². The predicted octanol–water partition coefficient (Wildman–Crippen LogP) is 3.65. The number of anilines is 1. The third-order valence-electron chi connectivity index (χ3n) is 4.39. The van der Waals surface area contributed by atoms with Crippen molar-refractivity contribution in [2.75, 3.05) is 32.1 Å². The predicted molar refractivity (Wildman–Crippen MR) is 91.4 cm³/mol. The van der Waals surface area contributed by atoms with Crippen molar-refractivity contribution in [1.29, 1.82) is 0 Å². The molecule has 0 saturated carbocycles. The van der Waals surface area contributed by atoms with Crippen molar-refractivity contribution in [2.24, 2.45) is 0 Å². The number of rotatable bonds is 3. The maximum absolute atomic E-state index is 6.08. The number of alkyl halides is 1. The third kappa shape index (κ3) is 4.10. The summed E-state index contributed by atoms with van der Waals surface area (Å²) in [5, 5.41) is 0. The molecule has 0 spiro atoms. The molecule has 0 bridgehead atoms. The topological polar surface area (TPSA) is 19.4 Å². The van der Waals surface area contributed by atoms with Crippen LogP contribution in [0.4, 0.5) is 5.82 Å². The van der Waals surface area contributed by atoms with E-state index in [0.29, 0.717) is 11.9 Å². The van der Waals surface area contributed by atoms with Gasteiger partial charge >= 0.3 is 0 Å². The number of piperidine rings is 1. The SMILES string of the molecule is CN1CCC(N(C)c2cc(CCl)cc(C(C)(C)C)n2)CC1. The first-order chi connectivity index (χ1) is 9.81. The van der Waals surface area contributed by atoms with E-state index in [9.17, 15) is 0 Å². The van der Waals surface area contributed by atoms with Crippen molar-refractivity contribution in [3.05, 3.63) is 23.4 Å². The zero-order valence-electron chi connectivity index (χ0n) is 14.0. The van der Waals surface area contributed by atoms with Gasteiger partial charge in [-0.2, -0.15) is 0 Å². The van der Waals surface area contributed by atoms with E-state index in [4.69, 9.17) is 16.6 Å². The zero-order chi connectivity index (χ0) is 15.6. The molecular formula is C17H28ClN3. The first kappa shape index (κ1) is 16.6. The molecule has 0 amide bonds. The molecule has 0 atom stereocenters. The molecule has 1 fully saturated rings. The highest BCUT2D eigenvalue weighted by Gasteiger charge is 2.23. The van der Waals surface area contributed by atoms with Gasteiger partial charge in [0.2, 0.25) is 0 Å². The van der Waals surface area contributed by atoms with Gasteiger partial charge in [0.05, 0.1) is 0 Å². The largest absolute Gasteiger partial charge is 0.357 e. The van der Waals surface area contributed by atoms with Crippen molar-refractivity contribution >= 4 is 17.4 Å². The van der Waals surface area contributed by atoms with Crippen molar-refractivity contribution in [2.45, 2.75) is 50.9 Å². The fourth-order valence-electron chi connectivity index (χ4n) is 2.78. The summed E-state index contributed by atoms with van der Waals surface area (Å²) in [6.07, 6.45) is 2.40. The van der Waals surface area contributed by atoms with Gasteiger partial charge in [0.1, 0.15) is 5.82 Å². The molecule has 3 nitrogen and oxygen atoms in total. The van der Waals surface area contributed by atoms with Crippen LogP contribution in [0.2, 0.25) is 0 Å². The van der Waals surface area contributed by atoms with Crippen LogP contribution in [0.15, 0.2) is 12.1 Å². The molecule has 0 N–H and O–H groups in total. The minimum absolute atomic E-state index is 0.0461. The summed E-state index contributed by atoms with van der Waals surface area (Å²) in [5.74, 6) is 1.60. The number of hydrogen-bond acceptors (Lipinski definition) is 3. The average molecular weight is 310 g/mol. The summed E-state index contributed by atoms with van der Waals surface area (Å²) in [6, 6.07) is 4.85. The van der Waals surface area contributed by atoms with Crippen LogP contribution in [0.25, 0.3) is 0 Å². The molecule has 0 aliphatic carbocycles. The van der Waals surface area contributed by atoms with Gasteiger partial charge in [-0.25, -0.2) is 4.98 Å². The van der Waals surface area contributed by atoms with E-state index in [2.05, 4.69) is 56.8 Å². The van der Waals surface area contributed by atoms with E-state index in [1.54, 1.807) is 0 Å². The van der Waals surface area contributed by atoms with Crippen molar-refractivity contribution in [3.63, 3.8) is 0 Å². The molecule has 118 valence electrons. The van der Waals surface area contributed by atoms with Gasteiger partial charge in [0.15, 0.2) is 0 Å². The van der Waals surface area contributed by atoms with E-state index in [0.717, 1.165) is 30.2 Å². The van der Waals surface area contributed by atoms with Gasteiger partial charge in [-0.05, 0) is 50.7 Å². The minimum atomic E-state index is 0.0461. The van der Waals surface area contributed by atoms with Gasteiger partial charge in [0.25, 0.3) is 0 Å². The molecule has 1 aliphatic heterocycles. The highest BCUT2D eigenvalue weighted by atomic mass is 35.5. The molecule has 0 unspecified atom stereocenters. The molecule has 0 aromatic carbocycles. The number of hydrogen-bond donors (Lipinski definition) is 0. The molecule has 1 saturated heterocycles. The molecule has 2 rings (SSSR count). The quantitative estimate of drug-likeness (QED) is 0.795. The Labute approximate surface area is 134 Å². The van der Waals surface area contributed by atoms with Crippen LogP contribution in [0.5, 0.6) is 0 Å². The first-order valence-corrected chi connectivity index (χ1v) is 8.33. The van der Waals surface area contributed by atoms with Crippen molar-refractivity contribution in [1.82, 2.24) is 9.88 Å². The van der Waals surface area contributed by atoms with Gasteiger partial charge in [-0.15, -0.1) is 11.6 Å². The highest BCUT2D eigenvalue weighted by molar-refractivity contribution is 6.17. The molecule has 1 aromatic rings. The molecule has 21 heavy (non-hydrogen) atoms. The smallest absolute Gasteiger partial charge is 0.129 e. The molecule has 2 heterocycles. The van der Waals surface area contributed by atoms with Crippen LogP contribution in [0, 0.1) is 0 Å². The second-order valence-corrected chi connectivity index (χ2v) is 7.52. The summed E-state index contributed by atoms with van der Waals surface area (Å²) in [4.78, 5) is 9.64. The van der Waals surface area contributed by atoms with Gasteiger partial charge in [-0.1, -0.05) is 20.8 Å². The lowest BCUT2D eigenvalue weighted by molar-refractivity contribution is 0.252. The number of halogens is 1. The molecule has 1 aromatic heterocycles. The van der Waals surface area contributed by atoms with Gasteiger partial charge in [0, 0.05) is 30.1 Å². The lowest BCUT2D eigenvalue weighted by Crippen LogP contribution is -2.42. The van der Waals surface area contributed by atoms with Crippen LogP contribution < -0.4 is 4.90 Å². The second-order valence-electron chi connectivity index (χ2n) is 7.25. The van der Waals surface area contributed by atoms with Crippen LogP contribution >= 0.6 is 11.6 Å². The first-order valence-electron chi connectivity index (χ1n) is 7.80. The summed E-state index contributed by atoms with van der Waals surface area (Å²) >= 11 is 6.08. The van der Waals surface area contributed by atoms with E-state index < -0.39 is 0 Å². The Morgan fingerprint density at radius 2 is 1.90 bits per heavy atom. The number of pyridine rings is 1. The maximum atomic E-state index is 6.08. The Bertz CT molecular complexity index is 473. The fourth-order valence-corrected chi connectivity index (χ4v) is 2.94. The Balaban J connectivity index is 2.25. The van der Waals surface area contributed by atoms with Crippen LogP contribution in [0.3, 0.4) is 0 Å². The fraction of sp³-hybridized carbons (Fsp3) is 0.706. The Kier molecular flexibility index (Phi) is 5.15. The highest BCUT2D eigenvalue weighted by Crippen LogP contribution is 2.27. The third-order valence-corrected chi connectivity index (χ3v) is 4.70. The molecular weight excluding hydrogens is 282 g/mol. The second kappa shape index (κ2) is 6.53. The van der Waals surface area contributed by atoms with Gasteiger partial charge in [-0.3, -0.25) is 0 Å². The Hall–Kier alpha value is -0.800. The monoisotopic (exact) mass is 309 g/mol. The van der Waals surface area contributed by atoms with E-state index in [1.165, 1.54) is 12.8 Å². The Morgan fingerprint density at radius 3 is 2.43 bits per heavy atom. The zero-order valence-corrected chi connectivity index (χ0v) is 14.7. The van der Waals surface area contributed by atoms with Crippen molar-refractivity contribution < 1.29 is 0 Å². The lowest BCUT2D eigenvalue weighted by atomic mass is 9.91. The summed E-state index contributed by atoms with van der Waals surface area (Å²) < 4.78 is 0. The molecule has 4 heteroatoms. The standard InChI is InChI=1S/C17H28ClN3/c1-17(2,3)15-10-13(12-18)11-16(19-15)21(5)14-6-8-20(4)9-7-14/h10-11,14H,6-9,12H2,1-5H3. The molecule has 1 aliphatic rings. The maximum Gasteiger partial charge on any atom is 0.129 e. The summed E-state index contributed by atoms with van der Waals surface area (Å²) in [5.41, 5.74) is 2.33. The van der Waals surface area contributed by atoms with Crippen LogP contribution in [-0.2, 0) is 11.3 Å². The van der Waals surface area contributed by atoms with E-state index >= 15 is 0 Å². The number of nitrogens with zero attached hydrogens (tertiary/aromatic N) is 3. The Morgan fingerprint density at radius 1 is 1.29 bits per heavy atom. The molecule has 0 radical (unpaired) electrons. The lowest BCUT2D eigenvalue weighted by Gasteiger charge is -2.36. The number of likely N-dealkylation sites (tertiary alicyclic amines) is 1. The summed E-state index contributed by atoms with van der Waals surface area (Å²) in [6.45, 7) is 8.93. The van der Waals surface area contributed by atoms with Crippen molar-refractivity contribution in [3.8, 4) is 0 Å². The van der Waals surface area contributed by atoms with Gasteiger partial charge < -0.3 is 9.80 Å².